The molecule has 0 unspecified atom stereocenters. The number of nitrogens with zero attached hydrogens (tertiary/aromatic N) is 1. The molecule has 0 atom stereocenters. The lowest BCUT2D eigenvalue weighted by Gasteiger charge is -2.23. The molecule has 0 spiro atoms. The van der Waals surface area contributed by atoms with Gasteiger partial charge in [0.1, 0.15) is 0 Å². The van der Waals surface area contributed by atoms with Crippen molar-refractivity contribution in [1.82, 2.24) is 10.7 Å². The first kappa shape index (κ1) is 10.3. The lowest BCUT2D eigenvalue weighted by Crippen LogP contribution is -2.42. The summed E-state index contributed by atoms with van der Waals surface area (Å²) in [4.78, 5) is 4.37. The van der Waals surface area contributed by atoms with Gasteiger partial charge in [-0.15, -0.1) is 0 Å². The molecule has 13 heavy (non-hydrogen) atoms. The quantitative estimate of drug-likeness (QED) is 0.259. The summed E-state index contributed by atoms with van der Waals surface area (Å²) in [7, 11) is 0. The zero-order chi connectivity index (χ0) is 9.52. The second-order valence-corrected chi connectivity index (χ2v) is 3.56. The van der Waals surface area contributed by atoms with Crippen molar-refractivity contribution in [2.75, 3.05) is 13.1 Å². The van der Waals surface area contributed by atoms with E-state index in [0.29, 0.717) is 0 Å². The summed E-state index contributed by atoms with van der Waals surface area (Å²) in [6, 6.07) is 0. The van der Waals surface area contributed by atoms with E-state index in [2.05, 4.69) is 22.7 Å². The third kappa shape index (κ3) is 3.63. The maximum absolute atomic E-state index is 5.32. The van der Waals surface area contributed by atoms with E-state index in [1.807, 2.05) is 0 Å². The van der Waals surface area contributed by atoms with Gasteiger partial charge in [-0.1, -0.05) is 13.3 Å². The normalized spacial score (nSPS) is 18.2. The predicted molar refractivity (Wildman–Crippen MR) is 55.3 cm³/mol. The minimum absolute atomic E-state index is 0.730. The van der Waals surface area contributed by atoms with Crippen molar-refractivity contribution >= 4 is 5.96 Å². The van der Waals surface area contributed by atoms with Crippen molar-refractivity contribution < 1.29 is 0 Å². The van der Waals surface area contributed by atoms with Gasteiger partial charge >= 0.3 is 0 Å². The van der Waals surface area contributed by atoms with Gasteiger partial charge in [0.15, 0.2) is 0 Å². The van der Waals surface area contributed by atoms with Crippen molar-refractivity contribution in [2.45, 2.75) is 32.6 Å². The fraction of sp³-hybridized carbons (Fsp3) is 0.889. The van der Waals surface area contributed by atoms with Gasteiger partial charge in [0.25, 0.3) is 0 Å². The Morgan fingerprint density at radius 1 is 1.54 bits per heavy atom. The molecule has 1 saturated carbocycles. The number of hydrogen-bond acceptors (Lipinski definition) is 2. The van der Waals surface area contributed by atoms with Crippen LogP contribution in [-0.2, 0) is 0 Å². The molecule has 0 aromatic rings. The number of guanidine groups is 1. The van der Waals surface area contributed by atoms with E-state index in [-0.39, 0.29) is 0 Å². The maximum Gasteiger partial charge on any atom is 0.205 e. The molecule has 1 fully saturated rings. The summed E-state index contributed by atoms with van der Waals surface area (Å²) >= 11 is 0. The smallest absolute Gasteiger partial charge is 0.205 e. The van der Waals surface area contributed by atoms with Crippen LogP contribution in [0.3, 0.4) is 0 Å². The third-order valence-corrected chi connectivity index (χ3v) is 2.41. The monoisotopic (exact) mass is 184 g/mol. The summed E-state index contributed by atoms with van der Waals surface area (Å²) in [6.45, 7) is 3.96. The lowest BCUT2D eigenvalue weighted by molar-refractivity contribution is 0.326. The van der Waals surface area contributed by atoms with Crippen LogP contribution in [0.5, 0.6) is 0 Å². The van der Waals surface area contributed by atoms with E-state index >= 15 is 0 Å². The van der Waals surface area contributed by atoms with Crippen molar-refractivity contribution in [3.63, 3.8) is 0 Å². The fourth-order valence-corrected chi connectivity index (χ4v) is 1.29. The van der Waals surface area contributed by atoms with E-state index in [9.17, 15) is 0 Å². The maximum atomic E-state index is 5.32. The molecule has 0 saturated heterocycles. The Morgan fingerprint density at radius 3 is 2.77 bits per heavy atom. The van der Waals surface area contributed by atoms with Crippen molar-refractivity contribution in [1.29, 1.82) is 0 Å². The molecule has 4 N–H and O–H groups in total. The van der Waals surface area contributed by atoms with Crippen LogP contribution in [-0.4, -0.2) is 19.0 Å². The molecular weight excluding hydrogens is 164 g/mol. The first-order valence-electron chi connectivity index (χ1n) is 5.11. The highest BCUT2D eigenvalue weighted by molar-refractivity contribution is 5.79. The summed E-state index contributed by atoms with van der Waals surface area (Å²) < 4.78 is 0. The van der Waals surface area contributed by atoms with Gasteiger partial charge in [-0.05, 0) is 25.2 Å². The van der Waals surface area contributed by atoms with E-state index in [0.717, 1.165) is 31.4 Å². The number of hydrazine groups is 1. The summed E-state index contributed by atoms with van der Waals surface area (Å²) in [5, 5.41) is 3.14. The molecule has 0 aromatic heterocycles. The van der Waals surface area contributed by atoms with Gasteiger partial charge in [-0.2, -0.15) is 0 Å². The molecule has 0 amide bonds. The van der Waals surface area contributed by atoms with E-state index < -0.39 is 0 Å². The zero-order valence-corrected chi connectivity index (χ0v) is 8.34. The second kappa shape index (κ2) is 5.80. The Morgan fingerprint density at radius 2 is 2.31 bits per heavy atom. The Balaban J connectivity index is 2.17. The Labute approximate surface area is 80.0 Å². The SMILES string of the molecule is CCCNC(=NCC1CCC1)NN. The Hall–Kier alpha value is -0.770. The molecule has 1 aliphatic carbocycles. The first-order valence-corrected chi connectivity index (χ1v) is 5.11. The van der Waals surface area contributed by atoms with Gasteiger partial charge in [0.05, 0.1) is 0 Å². The van der Waals surface area contributed by atoms with Gasteiger partial charge in [-0.25, -0.2) is 5.84 Å². The number of rotatable bonds is 4. The number of nitrogens with one attached hydrogen (secondary N) is 2. The molecular formula is C9H20N4. The van der Waals surface area contributed by atoms with Crippen LogP contribution in [0.25, 0.3) is 0 Å². The van der Waals surface area contributed by atoms with Crippen LogP contribution in [0.2, 0.25) is 0 Å². The fourth-order valence-electron chi connectivity index (χ4n) is 1.29. The van der Waals surface area contributed by atoms with Crippen LogP contribution in [0.4, 0.5) is 0 Å². The Bertz CT molecular complexity index is 163. The standard InChI is InChI=1S/C9H20N4/c1-2-6-11-9(13-10)12-7-8-4-3-5-8/h8H,2-7,10H2,1H3,(H2,11,12,13). The lowest BCUT2D eigenvalue weighted by atomic mass is 9.86. The molecule has 1 aliphatic rings. The molecule has 0 heterocycles. The molecule has 1 rings (SSSR count). The highest BCUT2D eigenvalue weighted by Crippen LogP contribution is 2.26. The largest absolute Gasteiger partial charge is 0.355 e. The topological polar surface area (TPSA) is 62.4 Å². The molecule has 76 valence electrons. The average Bonchev–Trinajstić information content (AvgIpc) is 2.08. The molecule has 4 nitrogen and oxygen atoms in total. The number of hydrogen-bond donors (Lipinski definition) is 3. The van der Waals surface area contributed by atoms with Gasteiger partial charge < -0.3 is 5.32 Å². The summed E-state index contributed by atoms with van der Waals surface area (Å²) in [5.41, 5.74) is 2.58. The third-order valence-electron chi connectivity index (χ3n) is 2.41. The predicted octanol–water partition coefficient (Wildman–Crippen LogP) is 0.605. The van der Waals surface area contributed by atoms with Gasteiger partial charge in [-0.3, -0.25) is 10.4 Å². The average molecular weight is 184 g/mol. The summed E-state index contributed by atoms with van der Waals surface area (Å²) in [6.07, 6.45) is 5.11. The van der Waals surface area contributed by atoms with Gasteiger partial charge in [0.2, 0.25) is 5.96 Å². The molecule has 4 heteroatoms. The first-order chi connectivity index (χ1) is 6.36. The van der Waals surface area contributed by atoms with E-state index in [1.54, 1.807) is 0 Å². The minimum Gasteiger partial charge on any atom is -0.355 e. The van der Waals surface area contributed by atoms with Crippen molar-refractivity contribution in [2.24, 2.45) is 16.8 Å². The van der Waals surface area contributed by atoms with Crippen molar-refractivity contribution in [3.05, 3.63) is 0 Å². The molecule has 0 radical (unpaired) electrons. The summed E-state index contributed by atoms with van der Waals surface area (Å²) in [5.74, 6) is 6.84. The molecule has 0 bridgehead atoms. The minimum atomic E-state index is 0.730. The number of nitrogens with two attached hydrogens (primary N) is 1. The van der Waals surface area contributed by atoms with Crippen LogP contribution in [0.1, 0.15) is 32.6 Å². The van der Waals surface area contributed by atoms with Crippen LogP contribution in [0, 0.1) is 5.92 Å². The van der Waals surface area contributed by atoms with E-state index in [1.165, 1.54) is 19.3 Å². The zero-order valence-electron chi connectivity index (χ0n) is 8.34. The van der Waals surface area contributed by atoms with Crippen LogP contribution < -0.4 is 16.6 Å². The highest BCUT2D eigenvalue weighted by Gasteiger charge is 2.16. The van der Waals surface area contributed by atoms with Gasteiger partial charge in [0, 0.05) is 13.1 Å². The molecule has 0 aliphatic heterocycles. The van der Waals surface area contributed by atoms with Crippen LogP contribution >= 0.6 is 0 Å². The Kier molecular flexibility index (Phi) is 4.60. The number of aliphatic imine (C=N–C) groups is 1. The highest BCUT2D eigenvalue weighted by atomic mass is 15.3. The molecule has 0 aromatic carbocycles. The van der Waals surface area contributed by atoms with Crippen molar-refractivity contribution in [3.8, 4) is 0 Å². The van der Waals surface area contributed by atoms with E-state index in [4.69, 9.17) is 5.84 Å². The van der Waals surface area contributed by atoms with Crippen LogP contribution in [0.15, 0.2) is 4.99 Å². The second-order valence-electron chi connectivity index (χ2n) is 3.56.